The molecule has 2 amide bonds. The van der Waals surface area contributed by atoms with Gasteiger partial charge in [0.25, 0.3) is 5.96 Å². The maximum absolute atomic E-state index is 12.7. The van der Waals surface area contributed by atoms with E-state index in [4.69, 9.17) is 14.3 Å². The number of nitrogens with zero attached hydrogens (tertiary/aromatic N) is 2. The predicted molar refractivity (Wildman–Crippen MR) is 108 cm³/mol. The first-order valence-electron chi connectivity index (χ1n) is 9.02. The minimum absolute atomic E-state index is 0.333. The molecule has 0 fully saturated rings. The number of carbonyl (C=O) groups is 3. The lowest BCUT2D eigenvalue weighted by Crippen LogP contribution is -2.51. The lowest BCUT2D eigenvalue weighted by molar-refractivity contribution is 0.0342. The summed E-state index contributed by atoms with van der Waals surface area (Å²) in [6, 6.07) is 8.40. The normalized spacial score (nSPS) is 12.0. The summed E-state index contributed by atoms with van der Waals surface area (Å²) >= 11 is 0. The molecule has 0 aliphatic carbocycles. The van der Waals surface area contributed by atoms with Crippen LogP contribution in [0.4, 0.5) is 9.59 Å². The Kier molecular flexibility index (Phi) is 8.17. The van der Waals surface area contributed by atoms with Gasteiger partial charge in [0.05, 0.1) is 6.54 Å². The van der Waals surface area contributed by atoms with Gasteiger partial charge in [-0.25, -0.2) is 14.5 Å². The molecule has 0 spiro atoms. The van der Waals surface area contributed by atoms with Gasteiger partial charge >= 0.3 is 12.2 Å². The summed E-state index contributed by atoms with van der Waals surface area (Å²) in [5, 5.41) is 6.00. The first-order chi connectivity index (χ1) is 13.3. The number of Topliss-reactive ketones (excluding diaryl/α,β-unsaturated/α-hetero) is 1. The number of carbonyl (C=O) groups excluding carboxylic acids is 3. The van der Waals surface area contributed by atoms with Crippen molar-refractivity contribution >= 4 is 23.9 Å². The molecule has 160 valence electrons. The molecule has 1 aromatic carbocycles. The average Bonchev–Trinajstić information content (AvgIpc) is 2.56. The van der Waals surface area contributed by atoms with Gasteiger partial charge in [0.15, 0.2) is 5.78 Å². The van der Waals surface area contributed by atoms with E-state index in [2.05, 4.69) is 10.5 Å². The molecular weight excluding hydrogens is 378 g/mol. The van der Waals surface area contributed by atoms with Crippen LogP contribution in [0.1, 0.15) is 51.9 Å². The molecule has 0 aliphatic rings. The van der Waals surface area contributed by atoms with Gasteiger partial charge < -0.3 is 14.3 Å². The van der Waals surface area contributed by atoms with Crippen molar-refractivity contribution in [1.29, 1.82) is 0 Å². The highest BCUT2D eigenvalue weighted by atomic mass is 16.6. The molecule has 0 atom stereocenters. The summed E-state index contributed by atoms with van der Waals surface area (Å²) in [6.45, 7) is 9.65. The number of benzene rings is 1. The summed E-state index contributed by atoms with van der Waals surface area (Å²) in [7, 11) is 1.24. The molecule has 0 bridgehead atoms. The van der Waals surface area contributed by atoms with Gasteiger partial charge in [0.2, 0.25) is 0 Å². The van der Waals surface area contributed by atoms with Crippen molar-refractivity contribution in [3.63, 3.8) is 0 Å². The van der Waals surface area contributed by atoms with Crippen LogP contribution < -0.4 is 5.32 Å². The zero-order valence-electron chi connectivity index (χ0n) is 17.9. The minimum atomic E-state index is -0.881. The first kappa shape index (κ1) is 23.9. The SMILES string of the molecule is CO/N=C(/NC(=O)OC(C)(C)C)N(CC(=O)c1ccccc1)C(=O)OC(C)(C)C. The van der Waals surface area contributed by atoms with E-state index in [1.54, 1.807) is 71.9 Å². The summed E-state index contributed by atoms with van der Waals surface area (Å²) in [5.41, 5.74) is -1.23. The molecule has 0 radical (unpaired) electrons. The Morgan fingerprint density at radius 1 is 0.966 bits per heavy atom. The third kappa shape index (κ3) is 9.09. The molecule has 9 heteroatoms. The van der Waals surface area contributed by atoms with E-state index < -0.39 is 29.9 Å². The van der Waals surface area contributed by atoms with Crippen LogP contribution in [-0.4, -0.2) is 53.7 Å². The number of oxime groups is 1. The van der Waals surface area contributed by atoms with E-state index >= 15 is 0 Å². The highest BCUT2D eigenvalue weighted by Crippen LogP contribution is 2.12. The van der Waals surface area contributed by atoms with Crippen molar-refractivity contribution < 1.29 is 28.7 Å². The number of nitrogens with one attached hydrogen (secondary N) is 1. The average molecular weight is 407 g/mol. The molecule has 0 heterocycles. The van der Waals surface area contributed by atoms with Crippen molar-refractivity contribution in [1.82, 2.24) is 10.2 Å². The highest BCUT2D eigenvalue weighted by Gasteiger charge is 2.31. The third-order valence-corrected chi connectivity index (χ3v) is 3.06. The van der Waals surface area contributed by atoms with Gasteiger partial charge in [-0.2, -0.15) is 0 Å². The largest absolute Gasteiger partial charge is 0.444 e. The molecule has 9 nitrogen and oxygen atoms in total. The van der Waals surface area contributed by atoms with Crippen molar-refractivity contribution in [3.8, 4) is 0 Å². The predicted octanol–water partition coefficient (Wildman–Crippen LogP) is 3.55. The Morgan fingerprint density at radius 2 is 1.52 bits per heavy atom. The minimum Gasteiger partial charge on any atom is -0.444 e. The van der Waals surface area contributed by atoms with Crippen LogP contribution in [0.2, 0.25) is 0 Å². The van der Waals surface area contributed by atoms with Crippen molar-refractivity contribution in [2.24, 2.45) is 5.16 Å². The number of guanidine groups is 1. The number of amides is 2. The van der Waals surface area contributed by atoms with E-state index in [1.165, 1.54) is 7.11 Å². The number of hydrogen-bond donors (Lipinski definition) is 1. The van der Waals surface area contributed by atoms with Crippen LogP contribution in [0.3, 0.4) is 0 Å². The van der Waals surface area contributed by atoms with E-state index in [9.17, 15) is 14.4 Å². The van der Waals surface area contributed by atoms with Gasteiger partial charge in [-0.3, -0.25) is 10.1 Å². The summed E-state index contributed by atoms with van der Waals surface area (Å²) < 4.78 is 10.5. The standard InChI is InChI=1S/C20H29N3O6/c1-19(2,3)28-17(25)21-16(22-27-7)23(18(26)29-20(4,5)6)13-15(24)14-11-9-8-10-12-14/h8-12H,13H2,1-7H3,(H,21,22,25). The monoisotopic (exact) mass is 407 g/mol. The number of rotatable bonds is 4. The summed E-state index contributed by atoms with van der Waals surface area (Å²) in [4.78, 5) is 43.2. The van der Waals surface area contributed by atoms with Crippen molar-refractivity contribution in [3.05, 3.63) is 35.9 Å². The molecule has 1 N–H and O–H groups in total. The number of alkyl carbamates (subject to hydrolysis) is 1. The van der Waals surface area contributed by atoms with E-state index in [0.717, 1.165) is 4.90 Å². The second-order valence-corrected chi connectivity index (χ2v) is 8.08. The molecule has 0 saturated heterocycles. The van der Waals surface area contributed by atoms with Crippen LogP contribution in [-0.2, 0) is 14.3 Å². The molecule has 0 saturated carbocycles. The summed E-state index contributed by atoms with van der Waals surface area (Å²) in [6.07, 6.45) is -1.75. The molecule has 1 aromatic rings. The quantitative estimate of drug-likeness (QED) is 0.354. The Balaban J connectivity index is 3.17. The molecule has 0 aromatic heterocycles. The second-order valence-electron chi connectivity index (χ2n) is 8.08. The maximum atomic E-state index is 12.7. The van der Waals surface area contributed by atoms with Gasteiger partial charge in [0, 0.05) is 5.56 Å². The second kappa shape index (κ2) is 9.90. The topological polar surface area (TPSA) is 107 Å². The number of ketones is 1. The lowest BCUT2D eigenvalue weighted by atomic mass is 10.1. The smallest absolute Gasteiger partial charge is 0.417 e. The van der Waals surface area contributed by atoms with Gasteiger partial charge in [-0.05, 0) is 46.7 Å². The Morgan fingerprint density at radius 3 is 2.00 bits per heavy atom. The lowest BCUT2D eigenvalue weighted by Gasteiger charge is -2.28. The molecular formula is C20H29N3O6. The van der Waals surface area contributed by atoms with Crippen LogP contribution in [0.25, 0.3) is 0 Å². The third-order valence-electron chi connectivity index (χ3n) is 3.06. The molecule has 1 rings (SSSR count). The van der Waals surface area contributed by atoms with Crippen molar-refractivity contribution in [2.75, 3.05) is 13.7 Å². The fraction of sp³-hybridized carbons (Fsp3) is 0.500. The summed E-state index contributed by atoms with van der Waals surface area (Å²) in [5.74, 6) is -0.716. The van der Waals surface area contributed by atoms with Gasteiger partial charge in [0.1, 0.15) is 18.3 Å². The molecule has 0 unspecified atom stereocenters. The van der Waals surface area contributed by atoms with Crippen LogP contribution >= 0.6 is 0 Å². The van der Waals surface area contributed by atoms with E-state index in [-0.39, 0.29) is 11.7 Å². The zero-order valence-corrected chi connectivity index (χ0v) is 17.9. The fourth-order valence-electron chi connectivity index (χ4n) is 2.02. The van der Waals surface area contributed by atoms with Gasteiger partial charge in [-0.15, -0.1) is 0 Å². The number of hydrogen-bond acceptors (Lipinski definition) is 7. The van der Waals surface area contributed by atoms with Gasteiger partial charge in [-0.1, -0.05) is 30.3 Å². The highest BCUT2D eigenvalue weighted by molar-refractivity contribution is 6.06. The Bertz CT molecular complexity index is 748. The van der Waals surface area contributed by atoms with Crippen LogP contribution in [0, 0.1) is 0 Å². The zero-order chi connectivity index (χ0) is 22.2. The van der Waals surface area contributed by atoms with Crippen molar-refractivity contribution in [2.45, 2.75) is 52.7 Å². The fourth-order valence-corrected chi connectivity index (χ4v) is 2.02. The molecule has 29 heavy (non-hydrogen) atoms. The van der Waals surface area contributed by atoms with Crippen LogP contribution in [0.5, 0.6) is 0 Å². The Labute approximate surface area is 171 Å². The van der Waals surface area contributed by atoms with E-state index in [1.807, 2.05) is 0 Å². The Hall–Kier alpha value is -3.10. The maximum Gasteiger partial charge on any atom is 0.417 e. The van der Waals surface area contributed by atoms with Crippen LogP contribution in [0.15, 0.2) is 35.5 Å². The van der Waals surface area contributed by atoms with E-state index in [0.29, 0.717) is 5.56 Å². The number of ether oxygens (including phenoxy) is 2. The first-order valence-corrected chi connectivity index (χ1v) is 9.02. The molecule has 0 aliphatic heterocycles.